The molecule has 0 aromatic heterocycles. The second-order valence-corrected chi connectivity index (χ2v) is 9.70. The van der Waals surface area contributed by atoms with Crippen LogP contribution in [0.5, 0.6) is 5.75 Å². The Bertz CT molecular complexity index is 947. The van der Waals surface area contributed by atoms with Crippen LogP contribution in [-0.4, -0.2) is 37.8 Å². The first kappa shape index (κ1) is 21.3. The zero-order chi connectivity index (χ0) is 21.0. The van der Waals surface area contributed by atoms with Crippen molar-refractivity contribution in [3.8, 4) is 5.75 Å². The Morgan fingerprint density at radius 2 is 1.76 bits per heavy atom. The molecule has 0 spiro atoms. The highest BCUT2D eigenvalue weighted by molar-refractivity contribution is 7.89. The van der Waals surface area contributed by atoms with E-state index in [4.69, 9.17) is 4.74 Å². The highest BCUT2D eigenvalue weighted by Gasteiger charge is 2.28. The van der Waals surface area contributed by atoms with Crippen molar-refractivity contribution in [1.29, 1.82) is 0 Å². The minimum atomic E-state index is -3.59. The zero-order valence-corrected chi connectivity index (χ0v) is 17.9. The number of anilines is 1. The molecule has 7 heteroatoms. The number of carbonyl (C=O) groups is 1. The summed E-state index contributed by atoms with van der Waals surface area (Å²) in [6, 6.07) is 13.3. The van der Waals surface area contributed by atoms with E-state index >= 15 is 0 Å². The molecule has 0 saturated carbocycles. The van der Waals surface area contributed by atoms with Gasteiger partial charge in [-0.25, -0.2) is 8.42 Å². The second-order valence-electron chi connectivity index (χ2n) is 7.76. The standard InChI is InChI=1S/C22H28N2O4S/c1-16(2)28-20-9-7-19(8-10-20)23-22(25)18-5-4-6-21(15-18)29(26,27)24-13-11-17(3)12-14-24/h4-10,15-17H,11-14H2,1-3H3,(H,23,25). The van der Waals surface area contributed by atoms with Crippen LogP contribution >= 0.6 is 0 Å². The number of sulfonamides is 1. The monoisotopic (exact) mass is 416 g/mol. The van der Waals surface area contributed by atoms with Crippen molar-refractivity contribution in [2.75, 3.05) is 18.4 Å². The average Bonchev–Trinajstić information content (AvgIpc) is 2.69. The van der Waals surface area contributed by atoms with Crippen molar-refractivity contribution in [2.45, 2.75) is 44.6 Å². The van der Waals surface area contributed by atoms with E-state index < -0.39 is 10.0 Å². The number of ether oxygens (including phenoxy) is 1. The molecule has 1 aliphatic rings. The van der Waals surface area contributed by atoms with Crippen molar-refractivity contribution in [1.82, 2.24) is 4.31 Å². The number of hydrogen-bond donors (Lipinski definition) is 1. The number of amides is 1. The summed E-state index contributed by atoms with van der Waals surface area (Å²) in [7, 11) is -3.59. The molecule has 1 N–H and O–H groups in total. The summed E-state index contributed by atoms with van der Waals surface area (Å²) in [4.78, 5) is 12.8. The van der Waals surface area contributed by atoms with E-state index in [1.807, 2.05) is 13.8 Å². The topological polar surface area (TPSA) is 75.7 Å². The number of carbonyl (C=O) groups excluding carboxylic acids is 1. The van der Waals surface area contributed by atoms with E-state index in [-0.39, 0.29) is 16.9 Å². The summed E-state index contributed by atoms with van der Waals surface area (Å²) < 4.78 is 33.0. The van der Waals surface area contributed by atoms with Gasteiger partial charge in [0.05, 0.1) is 11.0 Å². The lowest BCUT2D eigenvalue weighted by Gasteiger charge is -2.29. The van der Waals surface area contributed by atoms with Gasteiger partial charge in [-0.3, -0.25) is 4.79 Å². The Balaban J connectivity index is 1.72. The SMILES string of the molecule is CC1CCN(S(=O)(=O)c2cccc(C(=O)Nc3ccc(OC(C)C)cc3)c2)CC1. The van der Waals surface area contributed by atoms with Gasteiger partial charge in [-0.2, -0.15) is 4.31 Å². The van der Waals surface area contributed by atoms with E-state index in [1.54, 1.807) is 42.5 Å². The smallest absolute Gasteiger partial charge is 0.255 e. The van der Waals surface area contributed by atoms with Crippen LogP contribution in [-0.2, 0) is 10.0 Å². The number of hydrogen-bond acceptors (Lipinski definition) is 4. The van der Waals surface area contributed by atoms with Crippen molar-refractivity contribution >= 4 is 21.6 Å². The minimum Gasteiger partial charge on any atom is -0.491 e. The summed E-state index contributed by atoms with van der Waals surface area (Å²) in [5, 5.41) is 2.80. The normalized spacial score (nSPS) is 16.0. The molecular formula is C22H28N2O4S. The van der Waals surface area contributed by atoms with Crippen molar-refractivity contribution in [2.24, 2.45) is 5.92 Å². The molecule has 0 aliphatic carbocycles. The first-order valence-corrected chi connectivity index (χ1v) is 11.4. The fourth-order valence-electron chi connectivity index (χ4n) is 3.26. The lowest BCUT2D eigenvalue weighted by molar-refractivity contribution is 0.102. The molecule has 29 heavy (non-hydrogen) atoms. The third kappa shape index (κ3) is 5.36. The van der Waals surface area contributed by atoms with Crippen LogP contribution < -0.4 is 10.1 Å². The molecule has 1 heterocycles. The highest BCUT2D eigenvalue weighted by atomic mass is 32.2. The molecule has 2 aromatic rings. The van der Waals surface area contributed by atoms with Crippen LogP contribution in [0.4, 0.5) is 5.69 Å². The van der Waals surface area contributed by atoms with Crippen LogP contribution in [0, 0.1) is 5.92 Å². The molecule has 1 fully saturated rings. The summed E-state index contributed by atoms with van der Waals surface area (Å²) in [5.74, 6) is 0.907. The zero-order valence-electron chi connectivity index (χ0n) is 17.1. The molecule has 1 saturated heterocycles. The van der Waals surface area contributed by atoms with E-state index in [0.29, 0.717) is 30.3 Å². The average molecular weight is 417 g/mol. The molecule has 0 radical (unpaired) electrons. The number of nitrogens with zero attached hydrogens (tertiary/aromatic N) is 1. The van der Waals surface area contributed by atoms with E-state index in [9.17, 15) is 13.2 Å². The lowest BCUT2D eigenvalue weighted by Crippen LogP contribution is -2.37. The molecule has 2 aromatic carbocycles. The van der Waals surface area contributed by atoms with E-state index in [0.717, 1.165) is 18.6 Å². The van der Waals surface area contributed by atoms with E-state index in [2.05, 4.69) is 12.2 Å². The van der Waals surface area contributed by atoms with E-state index in [1.165, 1.54) is 10.4 Å². The molecule has 0 atom stereocenters. The van der Waals surface area contributed by atoms with Gasteiger partial charge in [0.25, 0.3) is 5.91 Å². The number of rotatable bonds is 6. The van der Waals surface area contributed by atoms with Gasteiger partial charge < -0.3 is 10.1 Å². The fraction of sp³-hybridized carbons (Fsp3) is 0.409. The maximum atomic E-state index is 12.9. The van der Waals surface area contributed by atoms with Crippen molar-refractivity contribution in [3.05, 3.63) is 54.1 Å². The number of piperidine rings is 1. The largest absolute Gasteiger partial charge is 0.491 e. The van der Waals surface area contributed by atoms with Crippen LogP contribution in [0.3, 0.4) is 0 Å². The maximum absolute atomic E-state index is 12.9. The quantitative estimate of drug-likeness (QED) is 0.768. The second kappa shape index (κ2) is 8.97. The molecule has 3 rings (SSSR count). The fourth-order valence-corrected chi connectivity index (χ4v) is 4.78. The molecule has 1 aliphatic heterocycles. The first-order valence-electron chi connectivity index (χ1n) is 9.94. The third-order valence-electron chi connectivity index (χ3n) is 4.96. The predicted molar refractivity (Wildman–Crippen MR) is 114 cm³/mol. The Morgan fingerprint density at radius 3 is 2.38 bits per heavy atom. The minimum absolute atomic E-state index is 0.0724. The molecule has 156 valence electrons. The van der Waals surface area contributed by atoms with Crippen LogP contribution in [0.25, 0.3) is 0 Å². The summed E-state index contributed by atoms with van der Waals surface area (Å²) in [6.07, 6.45) is 1.79. The third-order valence-corrected chi connectivity index (χ3v) is 6.86. The van der Waals surface area contributed by atoms with Gasteiger partial charge >= 0.3 is 0 Å². The van der Waals surface area contributed by atoms with Crippen LogP contribution in [0.15, 0.2) is 53.4 Å². The first-order chi connectivity index (χ1) is 13.8. The Hall–Kier alpha value is -2.38. The number of nitrogens with one attached hydrogen (secondary N) is 1. The van der Waals surface area contributed by atoms with Crippen molar-refractivity contribution in [3.63, 3.8) is 0 Å². The van der Waals surface area contributed by atoms with Gasteiger partial charge in [-0.1, -0.05) is 13.0 Å². The maximum Gasteiger partial charge on any atom is 0.255 e. The van der Waals surface area contributed by atoms with Gasteiger partial charge in [-0.15, -0.1) is 0 Å². The summed E-state index contributed by atoms with van der Waals surface area (Å²) in [6.45, 7) is 7.06. The van der Waals surface area contributed by atoms with Gasteiger partial charge in [0.2, 0.25) is 10.0 Å². The molecule has 0 bridgehead atoms. The predicted octanol–water partition coefficient (Wildman–Crippen LogP) is 4.15. The Morgan fingerprint density at radius 1 is 1.10 bits per heavy atom. The van der Waals surface area contributed by atoms with Gasteiger partial charge in [0, 0.05) is 24.3 Å². The number of benzene rings is 2. The van der Waals surface area contributed by atoms with Gasteiger partial charge in [-0.05, 0) is 75.1 Å². The van der Waals surface area contributed by atoms with Gasteiger partial charge in [0.15, 0.2) is 0 Å². The highest BCUT2D eigenvalue weighted by Crippen LogP contribution is 2.24. The van der Waals surface area contributed by atoms with Crippen LogP contribution in [0.1, 0.15) is 44.0 Å². The summed E-state index contributed by atoms with van der Waals surface area (Å²) in [5.41, 5.74) is 0.920. The van der Waals surface area contributed by atoms with Crippen molar-refractivity contribution < 1.29 is 17.9 Å². The molecule has 6 nitrogen and oxygen atoms in total. The molecule has 1 amide bonds. The molecule has 0 unspecified atom stereocenters. The van der Waals surface area contributed by atoms with Crippen LogP contribution in [0.2, 0.25) is 0 Å². The lowest BCUT2D eigenvalue weighted by atomic mass is 10.0. The Kier molecular flexibility index (Phi) is 6.59. The molecular weight excluding hydrogens is 388 g/mol. The Labute approximate surface area is 172 Å². The van der Waals surface area contributed by atoms with Gasteiger partial charge in [0.1, 0.15) is 5.75 Å². The summed E-state index contributed by atoms with van der Waals surface area (Å²) >= 11 is 0.